The first kappa shape index (κ1) is 24.1. The molecular formula is C21H35Cl2N3O. The van der Waals surface area contributed by atoms with Gasteiger partial charge < -0.3 is 15.5 Å². The summed E-state index contributed by atoms with van der Waals surface area (Å²) in [6.07, 6.45) is 4.69. The van der Waals surface area contributed by atoms with Crippen molar-refractivity contribution in [2.24, 2.45) is 5.92 Å². The Morgan fingerprint density at radius 3 is 2.15 bits per heavy atom. The number of halogens is 2. The minimum Gasteiger partial charge on any atom is -0.371 e. The van der Waals surface area contributed by atoms with E-state index in [0.29, 0.717) is 12.6 Å². The number of nitrogens with zero attached hydrogens (tertiary/aromatic N) is 1. The average Bonchev–Trinajstić information content (AvgIpc) is 3.39. The maximum Gasteiger partial charge on any atom is 0.234 e. The minimum absolute atomic E-state index is 0. The van der Waals surface area contributed by atoms with Crippen LogP contribution in [0.15, 0.2) is 24.3 Å². The molecule has 0 aromatic heterocycles. The van der Waals surface area contributed by atoms with Gasteiger partial charge >= 0.3 is 0 Å². The van der Waals surface area contributed by atoms with Crippen molar-refractivity contribution in [1.82, 2.24) is 10.6 Å². The van der Waals surface area contributed by atoms with E-state index in [1.807, 2.05) is 0 Å². The molecule has 1 aliphatic carbocycles. The van der Waals surface area contributed by atoms with E-state index in [4.69, 9.17) is 0 Å². The SMILES string of the molecule is CC(C)(C)c1ccc(N2CCC(NC(=O)CNCC3CC3)CC2)cc1.Cl.Cl. The van der Waals surface area contributed by atoms with Gasteiger partial charge in [0, 0.05) is 24.8 Å². The second-order valence-electron chi connectivity index (χ2n) is 8.70. The molecule has 6 heteroatoms. The maximum absolute atomic E-state index is 12.0. The number of anilines is 1. The third kappa shape index (κ3) is 7.52. The molecule has 154 valence electrons. The van der Waals surface area contributed by atoms with Gasteiger partial charge in [0.25, 0.3) is 0 Å². The summed E-state index contributed by atoms with van der Waals surface area (Å²) in [7, 11) is 0. The van der Waals surface area contributed by atoms with E-state index in [9.17, 15) is 4.79 Å². The fraction of sp³-hybridized carbons (Fsp3) is 0.667. The van der Waals surface area contributed by atoms with Crippen molar-refractivity contribution in [2.75, 3.05) is 31.1 Å². The zero-order chi connectivity index (χ0) is 17.9. The van der Waals surface area contributed by atoms with Crippen molar-refractivity contribution >= 4 is 36.4 Å². The summed E-state index contributed by atoms with van der Waals surface area (Å²) in [5.41, 5.74) is 2.87. The van der Waals surface area contributed by atoms with Crippen molar-refractivity contribution in [2.45, 2.75) is 57.9 Å². The van der Waals surface area contributed by atoms with Crippen molar-refractivity contribution in [3.63, 3.8) is 0 Å². The lowest BCUT2D eigenvalue weighted by Crippen LogP contribution is -2.47. The van der Waals surface area contributed by atoms with Gasteiger partial charge in [-0.1, -0.05) is 32.9 Å². The molecule has 0 unspecified atom stereocenters. The number of carbonyl (C=O) groups excluding carboxylic acids is 1. The number of rotatable bonds is 6. The van der Waals surface area contributed by atoms with Crippen LogP contribution in [0.5, 0.6) is 0 Å². The van der Waals surface area contributed by atoms with Gasteiger partial charge in [0.2, 0.25) is 5.91 Å². The molecule has 1 aromatic rings. The summed E-state index contributed by atoms with van der Waals surface area (Å²) < 4.78 is 0. The molecule has 1 saturated carbocycles. The normalized spacial score (nSPS) is 17.7. The highest BCUT2D eigenvalue weighted by molar-refractivity contribution is 5.85. The number of hydrogen-bond acceptors (Lipinski definition) is 3. The van der Waals surface area contributed by atoms with Gasteiger partial charge in [0.15, 0.2) is 0 Å². The van der Waals surface area contributed by atoms with Gasteiger partial charge in [-0.3, -0.25) is 4.79 Å². The standard InChI is InChI=1S/C21H33N3O.2ClH/c1-21(2,3)17-6-8-19(9-7-17)24-12-10-18(11-13-24)23-20(25)15-22-14-16-4-5-16;;/h6-9,16,18,22H,4-5,10-15H2,1-3H3,(H,23,25);2*1H. The summed E-state index contributed by atoms with van der Waals surface area (Å²) in [5, 5.41) is 6.45. The Kier molecular flexibility index (Phi) is 9.40. The monoisotopic (exact) mass is 415 g/mol. The highest BCUT2D eigenvalue weighted by Gasteiger charge is 2.23. The van der Waals surface area contributed by atoms with Gasteiger partial charge in [-0.05, 0) is 61.3 Å². The summed E-state index contributed by atoms with van der Waals surface area (Å²) in [5.74, 6) is 0.967. The fourth-order valence-electron chi connectivity index (χ4n) is 3.44. The topological polar surface area (TPSA) is 44.4 Å². The molecule has 2 aliphatic rings. The molecule has 3 rings (SSSR count). The Morgan fingerprint density at radius 2 is 1.63 bits per heavy atom. The van der Waals surface area contributed by atoms with Crippen molar-refractivity contribution in [1.29, 1.82) is 0 Å². The van der Waals surface area contributed by atoms with E-state index in [0.717, 1.165) is 38.4 Å². The predicted octanol–water partition coefficient (Wildman–Crippen LogP) is 3.91. The van der Waals surface area contributed by atoms with Crippen LogP contribution in [0.25, 0.3) is 0 Å². The Hall–Kier alpha value is -0.970. The lowest BCUT2D eigenvalue weighted by atomic mass is 9.87. The lowest BCUT2D eigenvalue weighted by Gasteiger charge is -2.34. The van der Waals surface area contributed by atoms with E-state index >= 15 is 0 Å². The van der Waals surface area contributed by atoms with E-state index in [2.05, 4.69) is 60.6 Å². The molecule has 1 aliphatic heterocycles. The van der Waals surface area contributed by atoms with Crippen molar-refractivity contribution in [3.8, 4) is 0 Å². The molecule has 1 amide bonds. The van der Waals surface area contributed by atoms with Crippen LogP contribution in [0.2, 0.25) is 0 Å². The molecule has 0 atom stereocenters. The van der Waals surface area contributed by atoms with Crippen molar-refractivity contribution < 1.29 is 4.79 Å². The van der Waals surface area contributed by atoms with Crippen LogP contribution in [0.3, 0.4) is 0 Å². The number of benzene rings is 1. The Bertz CT molecular complexity index is 574. The van der Waals surface area contributed by atoms with Gasteiger partial charge in [-0.2, -0.15) is 0 Å². The molecule has 1 saturated heterocycles. The first-order chi connectivity index (χ1) is 11.9. The third-order valence-corrected chi connectivity index (χ3v) is 5.37. The second-order valence-corrected chi connectivity index (χ2v) is 8.70. The molecule has 2 N–H and O–H groups in total. The molecule has 1 heterocycles. The Balaban J connectivity index is 0.00000182. The zero-order valence-electron chi connectivity index (χ0n) is 16.8. The summed E-state index contributed by atoms with van der Waals surface area (Å²) in [6.45, 7) is 10.2. The first-order valence-corrected chi connectivity index (χ1v) is 9.77. The molecule has 27 heavy (non-hydrogen) atoms. The molecular weight excluding hydrogens is 381 g/mol. The van der Waals surface area contributed by atoms with Crippen LogP contribution < -0.4 is 15.5 Å². The maximum atomic E-state index is 12.0. The molecule has 2 fully saturated rings. The van der Waals surface area contributed by atoms with Gasteiger partial charge in [0.05, 0.1) is 6.54 Å². The Morgan fingerprint density at radius 1 is 1.04 bits per heavy atom. The van der Waals surface area contributed by atoms with E-state index in [1.165, 1.54) is 24.1 Å². The van der Waals surface area contributed by atoms with Crippen LogP contribution in [-0.4, -0.2) is 38.1 Å². The van der Waals surface area contributed by atoms with Gasteiger partial charge in [-0.25, -0.2) is 0 Å². The quantitative estimate of drug-likeness (QED) is 0.739. The van der Waals surface area contributed by atoms with Crippen molar-refractivity contribution in [3.05, 3.63) is 29.8 Å². The number of hydrogen-bond donors (Lipinski definition) is 2. The summed E-state index contributed by atoms with van der Waals surface area (Å²) in [4.78, 5) is 14.4. The van der Waals surface area contributed by atoms with Crippen LogP contribution >= 0.6 is 24.8 Å². The summed E-state index contributed by atoms with van der Waals surface area (Å²) in [6, 6.07) is 9.28. The number of nitrogens with one attached hydrogen (secondary N) is 2. The van der Waals surface area contributed by atoms with Crippen LogP contribution in [0.1, 0.15) is 52.0 Å². The van der Waals surface area contributed by atoms with E-state index in [1.54, 1.807) is 0 Å². The lowest BCUT2D eigenvalue weighted by molar-refractivity contribution is -0.121. The molecule has 0 spiro atoms. The van der Waals surface area contributed by atoms with E-state index in [-0.39, 0.29) is 36.1 Å². The minimum atomic E-state index is 0. The van der Waals surface area contributed by atoms with E-state index < -0.39 is 0 Å². The largest absolute Gasteiger partial charge is 0.371 e. The van der Waals surface area contributed by atoms with Crippen LogP contribution in [0, 0.1) is 5.92 Å². The number of amides is 1. The van der Waals surface area contributed by atoms with Crippen LogP contribution in [-0.2, 0) is 10.2 Å². The number of piperidine rings is 1. The second kappa shape index (κ2) is 10.5. The smallest absolute Gasteiger partial charge is 0.234 e. The van der Waals surface area contributed by atoms with Gasteiger partial charge in [-0.15, -0.1) is 24.8 Å². The van der Waals surface area contributed by atoms with Gasteiger partial charge in [0.1, 0.15) is 0 Å². The molecule has 4 nitrogen and oxygen atoms in total. The Labute approximate surface area is 176 Å². The first-order valence-electron chi connectivity index (χ1n) is 9.77. The predicted molar refractivity (Wildman–Crippen MR) is 119 cm³/mol. The highest BCUT2D eigenvalue weighted by Crippen LogP contribution is 2.27. The zero-order valence-corrected chi connectivity index (χ0v) is 18.4. The highest BCUT2D eigenvalue weighted by atomic mass is 35.5. The molecule has 0 bridgehead atoms. The van der Waals surface area contributed by atoms with Crippen LogP contribution in [0.4, 0.5) is 5.69 Å². The molecule has 1 aromatic carbocycles. The summed E-state index contributed by atoms with van der Waals surface area (Å²) >= 11 is 0. The molecule has 0 radical (unpaired) electrons. The third-order valence-electron chi connectivity index (χ3n) is 5.37. The average molecular weight is 416 g/mol. The number of carbonyl (C=O) groups is 1. The fourth-order valence-corrected chi connectivity index (χ4v) is 3.44.